The molecule has 1 aromatic carbocycles. The van der Waals surface area contributed by atoms with Gasteiger partial charge in [-0.2, -0.15) is 0 Å². The van der Waals surface area contributed by atoms with Crippen molar-refractivity contribution in [1.29, 1.82) is 0 Å². The summed E-state index contributed by atoms with van der Waals surface area (Å²) in [5.41, 5.74) is 1.58. The number of nitrogens with zero attached hydrogens (tertiary/aromatic N) is 2. The van der Waals surface area contributed by atoms with Gasteiger partial charge >= 0.3 is 0 Å². The lowest BCUT2D eigenvalue weighted by Gasteiger charge is -2.02. The molecule has 0 saturated carbocycles. The van der Waals surface area contributed by atoms with Crippen LogP contribution >= 0.6 is 11.3 Å². The van der Waals surface area contributed by atoms with Crippen LogP contribution in [0.1, 0.15) is 0 Å². The molecule has 0 aliphatic heterocycles. The Kier molecular flexibility index (Phi) is 3.00. The maximum absolute atomic E-state index is 13.1. The van der Waals surface area contributed by atoms with Crippen molar-refractivity contribution in [2.45, 2.75) is 0 Å². The van der Waals surface area contributed by atoms with E-state index in [-0.39, 0.29) is 5.82 Å². The minimum absolute atomic E-state index is 0.256. The number of aromatic nitrogens is 2. The van der Waals surface area contributed by atoms with Crippen LogP contribution in [0.5, 0.6) is 5.88 Å². The number of methoxy groups -OCH3 is 1. The van der Waals surface area contributed by atoms with Crippen LogP contribution in [0.25, 0.3) is 10.2 Å². The van der Waals surface area contributed by atoms with Gasteiger partial charge in [-0.15, -0.1) is 0 Å². The predicted octanol–water partition coefficient (Wildman–Crippen LogP) is 3.58. The maximum atomic E-state index is 13.1. The first-order chi connectivity index (χ1) is 9.24. The van der Waals surface area contributed by atoms with Gasteiger partial charge in [0.05, 0.1) is 29.2 Å². The van der Waals surface area contributed by atoms with E-state index in [9.17, 15) is 4.39 Å². The lowest BCUT2D eigenvalue weighted by Crippen LogP contribution is -1.91. The summed E-state index contributed by atoms with van der Waals surface area (Å²) < 4.78 is 18.9. The van der Waals surface area contributed by atoms with Crippen molar-refractivity contribution in [3.05, 3.63) is 42.3 Å². The Balaban J connectivity index is 1.87. The summed E-state index contributed by atoms with van der Waals surface area (Å²) in [7, 11) is 1.57. The normalized spacial score (nSPS) is 10.6. The molecule has 0 spiro atoms. The highest BCUT2D eigenvalue weighted by Gasteiger charge is 2.05. The molecule has 0 unspecified atom stereocenters. The van der Waals surface area contributed by atoms with Crippen LogP contribution in [0.3, 0.4) is 0 Å². The largest absolute Gasteiger partial charge is 0.481 e. The molecule has 0 amide bonds. The molecule has 19 heavy (non-hydrogen) atoms. The predicted molar refractivity (Wildman–Crippen MR) is 73.6 cm³/mol. The fourth-order valence-corrected chi connectivity index (χ4v) is 2.56. The molecule has 2 heterocycles. The van der Waals surface area contributed by atoms with Gasteiger partial charge in [0.1, 0.15) is 5.82 Å². The van der Waals surface area contributed by atoms with Gasteiger partial charge in [0, 0.05) is 6.07 Å². The van der Waals surface area contributed by atoms with E-state index >= 15 is 0 Å². The zero-order valence-electron chi connectivity index (χ0n) is 10.1. The van der Waals surface area contributed by atoms with Crippen LogP contribution in [0.15, 0.2) is 36.5 Å². The van der Waals surface area contributed by atoms with Crippen LogP contribution in [-0.2, 0) is 0 Å². The van der Waals surface area contributed by atoms with E-state index in [1.807, 2.05) is 6.07 Å². The summed E-state index contributed by atoms with van der Waals surface area (Å²) in [5.74, 6) is 0.297. The third kappa shape index (κ3) is 2.48. The third-order valence-corrected chi connectivity index (χ3v) is 3.48. The number of nitrogens with one attached hydrogen (secondary N) is 1. The SMILES string of the molecule is COc1ccc(Nc2nc3ccc(F)cc3s2)cn1. The zero-order valence-corrected chi connectivity index (χ0v) is 10.9. The Morgan fingerprint density at radius 2 is 2.16 bits per heavy atom. The summed E-state index contributed by atoms with van der Waals surface area (Å²) in [6.45, 7) is 0. The van der Waals surface area contributed by atoms with E-state index in [0.717, 1.165) is 15.9 Å². The molecule has 6 heteroatoms. The Labute approximate surface area is 112 Å². The summed E-state index contributed by atoms with van der Waals surface area (Å²) in [5, 5.41) is 3.83. The number of rotatable bonds is 3. The van der Waals surface area contributed by atoms with E-state index in [4.69, 9.17) is 4.74 Å². The Morgan fingerprint density at radius 3 is 2.89 bits per heavy atom. The highest BCUT2D eigenvalue weighted by molar-refractivity contribution is 7.22. The number of pyridine rings is 1. The number of anilines is 2. The van der Waals surface area contributed by atoms with Crippen LogP contribution in [0.4, 0.5) is 15.2 Å². The van der Waals surface area contributed by atoms with Crippen molar-refractivity contribution in [2.24, 2.45) is 0 Å². The van der Waals surface area contributed by atoms with Gasteiger partial charge in [-0.1, -0.05) is 11.3 Å². The zero-order chi connectivity index (χ0) is 13.2. The highest BCUT2D eigenvalue weighted by Crippen LogP contribution is 2.28. The monoisotopic (exact) mass is 275 g/mol. The van der Waals surface area contributed by atoms with Gasteiger partial charge in [0.15, 0.2) is 5.13 Å². The molecule has 4 nitrogen and oxygen atoms in total. The second-order valence-electron chi connectivity index (χ2n) is 3.85. The molecule has 0 bridgehead atoms. The van der Waals surface area contributed by atoms with Crippen LogP contribution in [-0.4, -0.2) is 17.1 Å². The molecular weight excluding hydrogens is 265 g/mol. The minimum atomic E-state index is -0.256. The molecule has 0 fully saturated rings. The third-order valence-electron chi connectivity index (χ3n) is 2.55. The summed E-state index contributed by atoms with van der Waals surface area (Å²) in [4.78, 5) is 8.47. The first-order valence-electron chi connectivity index (χ1n) is 5.58. The van der Waals surface area contributed by atoms with Crippen LogP contribution in [0, 0.1) is 5.82 Å². The summed E-state index contributed by atoms with van der Waals surface area (Å²) in [6, 6.07) is 8.15. The lowest BCUT2D eigenvalue weighted by atomic mass is 10.3. The fraction of sp³-hybridized carbons (Fsp3) is 0.0769. The van der Waals surface area contributed by atoms with E-state index < -0.39 is 0 Å². The standard InChI is InChI=1S/C13H10FN3OS/c1-18-12-5-3-9(7-15-12)16-13-17-10-4-2-8(14)6-11(10)19-13/h2-7H,1H3,(H,16,17). The number of hydrogen-bond acceptors (Lipinski definition) is 5. The van der Waals surface area contributed by atoms with E-state index in [1.54, 1.807) is 25.4 Å². The van der Waals surface area contributed by atoms with Crippen LogP contribution < -0.4 is 10.1 Å². The number of halogens is 1. The molecule has 96 valence electrons. The average Bonchev–Trinajstić information content (AvgIpc) is 2.81. The second-order valence-corrected chi connectivity index (χ2v) is 4.88. The van der Waals surface area contributed by atoms with Gasteiger partial charge in [0.2, 0.25) is 5.88 Å². The Bertz CT molecular complexity index is 711. The smallest absolute Gasteiger partial charge is 0.213 e. The molecular formula is C13H10FN3OS. The molecule has 0 aliphatic carbocycles. The summed E-state index contributed by atoms with van der Waals surface area (Å²) in [6.07, 6.45) is 1.66. The first-order valence-corrected chi connectivity index (χ1v) is 6.39. The molecule has 0 radical (unpaired) electrons. The van der Waals surface area contributed by atoms with E-state index in [0.29, 0.717) is 11.0 Å². The number of hydrogen-bond donors (Lipinski definition) is 1. The molecule has 2 aromatic heterocycles. The van der Waals surface area contributed by atoms with E-state index in [2.05, 4.69) is 15.3 Å². The number of fused-ring (bicyclic) bond motifs is 1. The number of ether oxygens (including phenoxy) is 1. The quantitative estimate of drug-likeness (QED) is 0.793. The number of benzene rings is 1. The summed E-state index contributed by atoms with van der Waals surface area (Å²) >= 11 is 1.39. The van der Waals surface area contributed by atoms with Gasteiger partial charge in [0.25, 0.3) is 0 Å². The minimum Gasteiger partial charge on any atom is -0.481 e. The van der Waals surface area contributed by atoms with Crippen molar-refractivity contribution in [1.82, 2.24) is 9.97 Å². The van der Waals surface area contributed by atoms with Crippen LogP contribution in [0.2, 0.25) is 0 Å². The van der Waals surface area contributed by atoms with Crippen molar-refractivity contribution in [3.8, 4) is 5.88 Å². The Hall–Kier alpha value is -2.21. The molecule has 1 N–H and O–H groups in total. The first kappa shape index (κ1) is 11.9. The van der Waals surface area contributed by atoms with Gasteiger partial charge in [-0.3, -0.25) is 0 Å². The van der Waals surface area contributed by atoms with Crippen molar-refractivity contribution in [2.75, 3.05) is 12.4 Å². The van der Waals surface area contributed by atoms with Crippen molar-refractivity contribution < 1.29 is 9.13 Å². The van der Waals surface area contributed by atoms with Gasteiger partial charge < -0.3 is 10.1 Å². The molecule has 0 saturated heterocycles. The molecule has 3 rings (SSSR count). The van der Waals surface area contributed by atoms with E-state index in [1.165, 1.54) is 23.5 Å². The maximum Gasteiger partial charge on any atom is 0.213 e. The molecule has 3 aromatic rings. The van der Waals surface area contributed by atoms with Crippen molar-refractivity contribution >= 4 is 32.4 Å². The fourth-order valence-electron chi connectivity index (χ4n) is 1.65. The highest BCUT2D eigenvalue weighted by atomic mass is 32.1. The van der Waals surface area contributed by atoms with Gasteiger partial charge in [-0.05, 0) is 24.3 Å². The van der Waals surface area contributed by atoms with Crippen molar-refractivity contribution in [3.63, 3.8) is 0 Å². The van der Waals surface area contributed by atoms with Gasteiger partial charge in [-0.25, -0.2) is 14.4 Å². The number of thiazole rings is 1. The molecule has 0 atom stereocenters. The average molecular weight is 275 g/mol. The lowest BCUT2D eigenvalue weighted by molar-refractivity contribution is 0.398. The topological polar surface area (TPSA) is 47.0 Å². The second kappa shape index (κ2) is 4.81. The Morgan fingerprint density at radius 1 is 1.26 bits per heavy atom. The molecule has 0 aliphatic rings.